The van der Waals surface area contributed by atoms with E-state index in [1.807, 2.05) is 13.8 Å². The summed E-state index contributed by atoms with van der Waals surface area (Å²) in [6, 6.07) is 4.31. The molecule has 0 spiro atoms. The van der Waals surface area contributed by atoms with E-state index in [-0.39, 0.29) is 23.8 Å². The lowest BCUT2D eigenvalue weighted by molar-refractivity contribution is 0.0599. The fraction of sp³-hybridized carbons (Fsp3) is 0.562. The Morgan fingerprint density at radius 1 is 1.38 bits per heavy atom. The normalized spacial score (nSPS) is 14.0. The number of hydrogen-bond acceptors (Lipinski definition) is 5. The Hall–Kier alpha value is -1.15. The monoisotopic (exact) mass is 378 g/mol. The molecule has 3 N–H and O–H groups in total. The molecule has 0 aliphatic rings. The van der Waals surface area contributed by atoms with Gasteiger partial charge in [0.25, 0.3) is 0 Å². The summed E-state index contributed by atoms with van der Waals surface area (Å²) in [5.41, 5.74) is 5.93. The van der Waals surface area contributed by atoms with Gasteiger partial charge in [-0.3, -0.25) is 0 Å². The van der Waals surface area contributed by atoms with E-state index in [1.54, 1.807) is 13.8 Å². The molecule has 0 saturated carbocycles. The highest BCUT2D eigenvalue weighted by molar-refractivity contribution is 7.89. The molecule has 0 saturated heterocycles. The molecule has 24 heavy (non-hydrogen) atoms. The maximum absolute atomic E-state index is 12.6. The predicted molar refractivity (Wildman–Crippen MR) is 97.0 cm³/mol. The highest BCUT2D eigenvalue weighted by atomic mass is 35.5. The third kappa shape index (κ3) is 5.73. The second-order valence-electron chi connectivity index (χ2n) is 6.44. The van der Waals surface area contributed by atoms with Crippen LogP contribution in [0, 0.1) is 12.8 Å². The van der Waals surface area contributed by atoms with Crippen LogP contribution in [0.4, 0.5) is 0 Å². The molecule has 138 valence electrons. The van der Waals surface area contributed by atoms with Gasteiger partial charge in [-0.2, -0.15) is 0 Å². The highest BCUT2D eigenvalue weighted by Gasteiger charge is 2.30. The van der Waals surface area contributed by atoms with Crippen molar-refractivity contribution in [1.29, 1.82) is 0 Å². The maximum Gasteiger partial charge on any atom is 0.338 e. The Labute approximate surface area is 150 Å². The number of benzene rings is 1. The van der Waals surface area contributed by atoms with Crippen molar-refractivity contribution in [3.05, 3.63) is 29.3 Å². The van der Waals surface area contributed by atoms with Gasteiger partial charge in [0.15, 0.2) is 0 Å². The minimum absolute atomic E-state index is 0. The van der Waals surface area contributed by atoms with Gasteiger partial charge in [0.05, 0.1) is 17.6 Å². The number of ether oxygens (including phenoxy) is 1. The van der Waals surface area contributed by atoms with Gasteiger partial charge < -0.3 is 10.5 Å². The first kappa shape index (κ1) is 22.9. The molecular weight excluding hydrogens is 352 g/mol. The van der Waals surface area contributed by atoms with Crippen molar-refractivity contribution in [2.24, 2.45) is 11.7 Å². The maximum atomic E-state index is 12.6. The average Bonchev–Trinajstić information content (AvgIpc) is 2.44. The lowest BCUT2D eigenvalue weighted by Gasteiger charge is -2.30. The zero-order valence-corrected chi connectivity index (χ0v) is 16.4. The van der Waals surface area contributed by atoms with E-state index in [2.05, 4.69) is 9.46 Å². The van der Waals surface area contributed by atoms with Gasteiger partial charge in [0, 0.05) is 12.1 Å². The van der Waals surface area contributed by atoms with Crippen molar-refractivity contribution >= 4 is 28.4 Å². The zero-order chi connectivity index (χ0) is 17.8. The van der Waals surface area contributed by atoms with E-state index in [1.165, 1.54) is 25.3 Å². The van der Waals surface area contributed by atoms with Crippen LogP contribution >= 0.6 is 12.4 Å². The highest BCUT2D eigenvalue weighted by Crippen LogP contribution is 2.21. The fourth-order valence-corrected chi connectivity index (χ4v) is 4.11. The Kier molecular flexibility index (Phi) is 8.38. The summed E-state index contributed by atoms with van der Waals surface area (Å²) in [6.45, 7) is 7.68. The lowest BCUT2D eigenvalue weighted by Crippen LogP contribution is -2.52. The number of carbonyl (C=O) groups excluding carboxylic acids is 1. The molecule has 0 heterocycles. The number of methoxy groups -OCH3 is 1. The Bertz CT molecular complexity index is 677. The number of nitrogens with one attached hydrogen (secondary N) is 1. The van der Waals surface area contributed by atoms with Crippen molar-refractivity contribution in [2.45, 2.75) is 44.6 Å². The topological polar surface area (TPSA) is 98.5 Å². The number of halogens is 1. The molecule has 0 amide bonds. The minimum atomic E-state index is -3.73. The molecule has 0 aliphatic heterocycles. The molecule has 0 bridgehead atoms. The van der Waals surface area contributed by atoms with Crippen molar-refractivity contribution < 1.29 is 17.9 Å². The lowest BCUT2D eigenvalue weighted by atomic mass is 9.92. The number of sulfonamides is 1. The molecule has 0 radical (unpaired) electrons. The van der Waals surface area contributed by atoms with Gasteiger partial charge in [-0.1, -0.05) is 13.8 Å². The third-order valence-corrected chi connectivity index (χ3v) is 5.24. The molecular formula is C16H27ClN2O4S. The summed E-state index contributed by atoms with van der Waals surface area (Å²) >= 11 is 0. The van der Waals surface area contributed by atoms with Crippen LogP contribution in [0.1, 0.15) is 43.1 Å². The molecule has 0 aliphatic carbocycles. The van der Waals surface area contributed by atoms with Crippen LogP contribution in [-0.2, 0) is 14.8 Å². The number of carbonyl (C=O) groups is 1. The van der Waals surface area contributed by atoms with Crippen LogP contribution in [0.3, 0.4) is 0 Å². The summed E-state index contributed by atoms with van der Waals surface area (Å²) in [5, 5.41) is 0. The molecule has 1 atom stereocenters. The number of nitrogens with two attached hydrogens (primary N) is 1. The zero-order valence-electron chi connectivity index (χ0n) is 14.8. The Balaban J connectivity index is 0.00000529. The van der Waals surface area contributed by atoms with Gasteiger partial charge in [-0.25, -0.2) is 17.9 Å². The largest absolute Gasteiger partial charge is 0.465 e. The Morgan fingerprint density at radius 2 is 1.96 bits per heavy atom. The molecule has 0 fully saturated rings. The molecule has 0 aromatic heterocycles. The van der Waals surface area contributed by atoms with Crippen LogP contribution in [0.15, 0.2) is 23.1 Å². The first-order valence-corrected chi connectivity index (χ1v) is 8.96. The van der Waals surface area contributed by atoms with Gasteiger partial charge in [-0.05, 0) is 49.9 Å². The minimum Gasteiger partial charge on any atom is -0.465 e. The standard InChI is InChI=1S/C16H26N2O4S.ClH/c1-11(2)9-16(4,10-17)18-23(20,21)13-6-7-14(12(3)8-13)15(19)22-5;/h6-8,11,18H,9-10,17H2,1-5H3;1H. The van der Waals surface area contributed by atoms with Gasteiger partial charge >= 0.3 is 5.97 Å². The second-order valence-corrected chi connectivity index (χ2v) is 8.12. The van der Waals surface area contributed by atoms with Gasteiger partial charge in [-0.15, -0.1) is 12.4 Å². The van der Waals surface area contributed by atoms with Crippen LogP contribution in [-0.4, -0.2) is 33.6 Å². The fourth-order valence-electron chi connectivity index (χ4n) is 2.59. The van der Waals surface area contributed by atoms with Gasteiger partial charge in [0.2, 0.25) is 10.0 Å². The number of aryl methyl sites for hydroxylation is 1. The molecule has 1 aromatic rings. The number of hydrogen-bond donors (Lipinski definition) is 2. The smallest absolute Gasteiger partial charge is 0.338 e. The van der Waals surface area contributed by atoms with E-state index in [4.69, 9.17) is 5.73 Å². The molecule has 1 aromatic carbocycles. The first-order chi connectivity index (χ1) is 10.5. The van der Waals surface area contributed by atoms with Crippen molar-refractivity contribution in [3.8, 4) is 0 Å². The number of esters is 1. The van der Waals surface area contributed by atoms with Crippen LogP contribution in [0.2, 0.25) is 0 Å². The van der Waals surface area contributed by atoms with E-state index < -0.39 is 21.5 Å². The molecule has 6 nitrogen and oxygen atoms in total. The summed E-state index contributed by atoms with van der Waals surface area (Å²) < 4.78 is 32.6. The third-order valence-electron chi connectivity index (χ3n) is 3.60. The van der Waals surface area contributed by atoms with E-state index in [0.717, 1.165) is 0 Å². The number of rotatable bonds is 7. The quantitative estimate of drug-likeness (QED) is 0.709. The van der Waals surface area contributed by atoms with E-state index >= 15 is 0 Å². The van der Waals surface area contributed by atoms with Crippen molar-refractivity contribution in [2.75, 3.05) is 13.7 Å². The molecule has 1 unspecified atom stereocenters. The van der Waals surface area contributed by atoms with Crippen LogP contribution < -0.4 is 10.5 Å². The summed E-state index contributed by atoms with van der Waals surface area (Å²) in [5.74, 6) is -0.194. The summed E-state index contributed by atoms with van der Waals surface area (Å²) in [4.78, 5) is 11.7. The summed E-state index contributed by atoms with van der Waals surface area (Å²) in [6.07, 6.45) is 0.627. The second kappa shape index (κ2) is 8.80. The Morgan fingerprint density at radius 3 is 2.38 bits per heavy atom. The van der Waals surface area contributed by atoms with Crippen molar-refractivity contribution in [3.63, 3.8) is 0 Å². The molecule has 1 rings (SSSR count). The van der Waals surface area contributed by atoms with Crippen LogP contribution in [0.5, 0.6) is 0 Å². The van der Waals surface area contributed by atoms with E-state index in [0.29, 0.717) is 23.5 Å². The van der Waals surface area contributed by atoms with Crippen LogP contribution in [0.25, 0.3) is 0 Å². The predicted octanol–water partition coefficient (Wildman–Crippen LogP) is 2.25. The average molecular weight is 379 g/mol. The van der Waals surface area contributed by atoms with Gasteiger partial charge in [0.1, 0.15) is 0 Å². The van der Waals surface area contributed by atoms with E-state index in [9.17, 15) is 13.2 Å². The SMILES string of the molecule is COC(=O)c1ccc(S(=O)(=O)NC(C)(CN)CC(C)C)cc1C.Cl. The summed E-state index contributed by atoms with van der Waals surface area (Å²) in [7, 11) is -2.45. The first-order valence-electron chi connectivity index (χ1n) is 7.47. The van der Waals surface area contributed by atoms with Crippen molar-refractivity contribution in [1.82, 2.24) is 4.72 Å². The molecule has 8 heteroatoms.